The largest absolute Gasteiger partial charge is 0.493 e. The van der Waals surface area contributed by atoms with Crippen LogP contribution in [0.1, 0.15) is 106 Å². The van der Waals surface area contributed by atoms with Crippen LogP contribution in [0.2, 0.25) is 0 Å². The van der Waals surface area contributed by atoms with Gasteiger partial charge >= 0.3 is 0 Å². The first-order chi connectivity index (χ1) is 38.4. The highest BCUT2D eigenvalue weighted by atomic mass is 32.2. The molecule has 0 bridgehead atoms. The van der Waals surface area contributed by atoms with Crippen molar-refractivity contribution in [2.45, 2.75) is 109 Å². The molecule has 16 heteroatoms. The quantitative estimate of drug-likeness (QED) is 0.0404. The smallest absolute Gasteiger partial charge is 0.260 e. The Labute approximate surface area is 468 Å². The highest BCUT2D eigenvalue weighted by Crippen LogP contribution is 2.43. The van der Waals surface area contributed by atoms with E-state index in [1.54, 1.807) is 13.2 Å². The third kappa shape index (κ3) is 12.2. The number of hydrogen-bond donors (Lipinski definition) is 0. The maximum atomic E-state index is 14.4. The number of fused-ring (bicyclic) bond motifs is 8. The first kappa shape index (κ1) is 55.4. The summed E-state index contributed by atoms with van der Waals surface area (Å²) in [5.74, 6) is 1.37. The number of imide groups is 1. The summed E-state index contributed by atoms with van der Waals surface area (Å²) < 4.78 is 31.2. The number of ether oxygens (including phenoxy) is 5. The highest BCUT2D eigenvalue weighted by Gasteiger charge is 2.41. The van der Waals surface area contributed by atoms with Gasteiger partial charge in [0.1, 0.15) is 24.7 Å². The Hall–Kier alpha value is -6.88. The number of carbonyl (C=O) groups excluding carboxylic acids is 5. The fourth-order valence-electron chi connectivity index (χ4n) is 12.0. The summed E-state index contributed by atoms with van der Waals surface area (Å²) in [6, 6.07) is 30.5. The van der Waals surface area contributed by atoms with Crippen LogP contribution >= 0.6 is 11.8 Å². The number of nitrogens with zero attached hydrogens (tertiary/aromatic N) is 5. The molecule has 0 spiro atoms. The molecule has 5 heterocycles. The molecule has 416 valence electrons. The van der Waals surface area contributed by atoms with E-state index in [4.69, 9.17) is 23.7 Å². The molecule has 0 aromatic heterocycles. The van der Waals surface area contributed by atoms with Gasteiger partial charge in [0.25, 0.3) is 11.8 Å². The van der Waals surface area contributed by atoms with Crippen molar-refractivity contribution in [1.29, 1.82) is 0 Å². The number of methoxy groups -OCH3 is 1. The van der Waals surface area contributed by atoms with Crippen LogP contribution in [0.5, 0.6) is 17.2 Å². The summed E-state index contributed by atoms with van der Waals surface area (Å²) >= 11 is 1.39. The van der Waals surface area contributed by atoms with Crippen LogP contribution in [0.25, 0.3) is 0 Å². The number of carbonyl (C=O) groups is 5. The number of aryl methyl sites for hydroxylation is 2. The van der Waals surface area contributed by atoms with Gasteiger partial charge in [0.05, 0.1) is 49.5 Å². The van der Waals surface area contributed by atoms with Gasteiger partial charge in [0, 0.05) is 93.8 Å². The molecule has 0 N–H and O–H groups in total. The average molecular weight is 1090 g/mol. The Morgan fingerprint density at radius 1 is 0.684 bits per heavy atom. The second-order valence-electron chi connectivity index (χ2n) is 21.4. The van der Waals surface area contributed by atoms with Crippen molar-refractivity contribution in [3.8, 4) is 17.2 Å². The fourth-order valence-corrected chi connectivity index (χ4v) is 12.6. The second kappa shape index (κ2) is 25.1. The van der Waals surface area contributed by atoms with Crippen LogP contribution in [0.3, 0.4) is 0 Å². The molecule has 5 aliphatic rings. The zero-order chi connectivity index (χ0) is 55.2. The Morgan fingerprint density at radius 3 is 2.04 bits per heavy atom. The topological polar surface area (TPSA) is 148 Å². The number of anilines is 4. The number of thioether (sulfide) groups is 1. The van der Waals surface area contributed by atoms with Gasteiger partial charge in [0.15, 0.2) is 11.5 Å². The molecule has 1 saturated heterocycles. The van der Waals surface area contributed by atoms with E-state index >= 15 is 0 Å². The predicted molar refractivity (Wildman–Crippen MR) is 309 cm³/mol. The maximum absolute atomic E-state index is 14.4. The average Bonchev–Trinajstić information content (AvgIpc) is 4.31. The van der Waals surface area contributed by atoms with Crippen molar-refractivity contribution in [1.82, 2.24) is 4.90 Å². The normalized spacial score (nSPS) is 18.2. The van der Waals surface area contributed by atoms with Crippen LogP contribution in [-0.2, 0) is 56.3 Å². The van der Waals surface area contributed by atoms with Gasteiger partial charge in [-0.05, 0) is 140 Å². The van der Waals surface area contributed by atoms with E-state index in [9.17, 15) is 24.0 Å². The fraction of sp³-hybridized carbons (Fsp3) is 0.444. The molecule has 79 heavy (non-hydrogen) atoms. The number of benzene rings is 5. The number of amides is 4. The van der Waals surface area contributed by atoms with Crippen LogP contribution in [-0.4, -0.2) is 125 Å². The lowest BCUT2D eigenvalue weighted by atomic mass is 9.98. The zero-order valence-electron chi connectivity index (χ0n) is 46.3. The number of Topliss-reactive ketones (excluding diaryl/α,β-unsaturated/α-hetero) is 1. The third-order valence-corrected chi connectivity index (χ3v) is 16.9. The molecule has 5 aromatic rings. The minimum atomic E-state index is -0.343. The first-order valence-electron chi connectivity index (χ1n) is 28.0. The monoisotopic (exact) mass is 1090 g/mol. The summed E-state index contributed by atoms with van der Waals surface area (Å²) in [6.07, 6.45) is 7.83. The minimum absolute atomic E-state index is 0.0124. The Morgan fingerprint density at radius 2 is 1.34 bits per heavy atom. The summed E-state index contributed by atoms with van der Waals surface area (Å²) in [5.41, 5.74) is 10.9. The Balaban J connectivity index is 0.902. The van der Waals surface area contributed by atoms with E-state index < -0.39 is 0 Å². The van der Waals surface area contributed by atoms with Gasteiger partial charge < -0.3 is 43.3 Å². The molecule has 3 atom stereocenters. The van der Waals surface area contributed by atoms with E-state index in [1.165, 1.54) is 22.2 Å². The molecule has 0 radical (unpaired) electrons. The molecular formula is C63H73N5O10S. The number of hydrogen-bond acceptors (Lipinski definition) is 13. The standard InChI is InChI=1S/C63H73N5O10S/c1-6-24-75-26-27-76-25-23-65(21-11-15-50(69)16-12-22-66-60(70)37-59(79-5)63(66)73)48-30-42(39-77-56-34-44-19-20-47-32-45-13-7-9-17-53(45)67(47)61(71)51(44)28-41(56)2)29-43(31-48)40-78-58-36-55-52(35-57(58)74-4)62(72)68-49(38-64(55)3)33-46-14-8-10-18-54(46)68/h7-10,13-14,17-18,28-31,34-36,47,49,59H,6,11-12,15-16,19-27,32-33,37-40H2,1-5H3/t47-,49+,59?/m1/s1. The number of rotatable bonds is 25. The van der Waals surface area contributed by atoms with E-state index in [0.29, 0.717) is 93.7 Å². The van der Waals surface area contributed by atoms with Gasteiger partial charge in [-0.2, -0.15) is 11.8 Å². The van der Waals surface area contributed by atoms with Crippen molar-refractivity contribution in [2.24, 2.45) is 0 Å². The van der Waals surface area contributed by atoms with Crippen molar-refractivity contribution >= 4 is 63.9 Å². The van der Waals surface area contributed by atoms with Crippen molar-refractivity contribution in [3.05, 3.63) is 136 Å². The number of ketones is 1. The minimum Gasteiger partial charge on any atom is -0.493 e. The molecule has 4 amide bonds. The van der Waals surface area contributed by atoms with Gasteiger partial charge in [-0.1, -0.05) is 43.3 Å². The third-order valence-electron chi connectivity index (χ3n) is 16.0. The first-order valence-corrected chi connectivity index (χ1v) is 29.3. The lowest BCUT2D eigenvalue weighted by molar-refractivity contribution is -0.138. The Bertz CT molecular complexity index is 3090. The van der Waals surface area contributed by atoms with E-state index in [-0.39, 0.29) is 79.3 Å². The van der Waals surface area contributed by atoms with Crippen LogP contribution in [0.4, 0.5) is 22.7 Å². The summed E-state index contributed by atoms with van der Waals surface area (Å²) in [7, 11) is 3.60. The van der Waals surface area contributed by atoms with Gasteiger partial charge in [-0.25, -0.2) is 0 Å². The molecule has 1 fully saturated rings. The van der Waals surface area contributed by atoms with E-state index in [2.05, 4.69) is 47.1 Å². The molecule has 15 nitrogen and oxygen atoms in total. The predicted octanol–water partition coefficient (Wildman–Crippen LogP) is 9.57. The van der Waals surface area contributed by atoms with Crippen molar-refractivity contribution in [3.63, 3.8) is 0 Å². The van der Waals surface area contributed by atoms with Gasteiger partial charge in [-0.15, -0.1) is 0 Å². The molecule has 5 aliphatic heterocycles. The lowest BCUT2D eigenvalue weighted by Gasteiger charge is -2.27. The summed E-state index contributed by atoms with van der Waals surface area (Å²) in [5, 5.41) is -0.343. The number of likely N-dealkylation sites (N-methyl/N-ethyl adjacent to an activating group) is 1. The van der Waals surface area contributed by atoms with Crippen LogP contribution in [0.15, 0.2) is 91.0 Å². The van der Waals surface area contributed by atoms with Gasteiger partial charge in [-0.3, -0.25) is 28.9 Å². The van der Waals surface area contributed by atoms with E-state index in [1.807, 2.05) is 84.6 Å². The zero-order valence-corrected chi connectivity index (χ0v) is 47.1. The molecule has 0 aliphatic carbocycles. The molecule has 10 rings (SSSR count). The van der Waals surface area contributed by atoms with Crippen molar-refractivity contribution in [2.75, 3.05) is 92.6 Å². The number of likely N-dealkylation sites (tertiary alicyclic amines) is 1. The Kier molecular flexibility index (Phi) is 17.6. The van der Waals surface area contributed by atoms with Crippen molar-refractivity contribution < 1.29 is 47.7 Å². The van der Waals surface area contributed by atoms with E-state index in [0.717, 1.165) is 82.7 Å². The highest BCUT2D eigenvalue weighted by molar-refractivity contribution is 8.00. The maximum Gasteiger partial charge on any atom is 0.260 e. The summed E-state index contributed by atoms with van der Waals surface area (Å²) in [4.78, 5) is 76.8. The molecule has 0 saturated carbocycles. The SMILES string of the molecule is CCCOCCOCCN(CCCC(=O)CCCN1C(=O)CC(SC)C1=O)c1cc(COc2cc3c(cc2C)C(=O)N2c4ccccc4C[C@H]2CC3)cc(COc2cc3c(cc2OC)C(=O)N2c4ccccc4C[C@H]2CN3C)c1. The number of para-hydroxylation sites is 2. The second-order valence-corrected chi connectivity index (χ2v) is 22.4. The summed E-state index contributed by atoms with van der Waals surface area (Å²) in [6.45, 7) is 8.47. The molecular weight excluding hydrogens is 1020 g/mol. The van der Waals surface area contributed by atoms with Crippen LogP contribution in [0, 0.1) is 6.92 Å². The van der Waals surface area contributed by atoms with Crippen LogP contribution < -0.4 is 33.8 Å². The molecule has 5 aromatic carbocycles. The van der Waals surface area contributed by atoms with Gasteiger partial charge in [0.2, 0.25) is 11.8 Å². The molecule has 1 unspecified atom stereocenters. The lowest BCUT2D eigenvalue weighted by Crippen LogP contribution is -2.41.